The van der Waals surface area contributed by atoms with Gasteiger partial charge in [0, 0.05) is 10.7 Å². The quantitative estimate of drug-likeness (QED) is 0.869. The van der Waals surface area contributed by atoms with Gasteiger partial charge in [0.15, 0.2) is 0 Å². The Labute approximate surface area is 128 Å². The second-order valence-electron chi connectivity index (χ2n) is 4.07. The molecule has 0 aliphatic heterocycles. The van der Waals surface area contributed by atoms with E-state index in [9.17, 15) is 4.39 Å². The second kappa shape index (κ2) is 6.18. The number of benzene rings is 1. The van der Waals surface area contributed by atoms with E-state index < -0.39 is 6.04 Å². The van der Waals surface area contributed by atoms with Gasteiger partial charge in [-0.2, -0.15) is 0 Å². The average molecular weight is 364 g/mol. The van der Waals surface area contributed by atoms with Crippen molar-refractivity contribution in [1.82, 2.24) is 4.98 Å². The lowest BCUT2D eigenvalue weighted by Crippen LogP contribution is -2.16. The first-order chi connectivity index (χ1) is 8.97. The van der Waals surface area contributed by atoms with Crippen LogP contribution in [0.5, 0.6) is 0 Å². The second-order valence-corrected chi connectivity index (χ2v) is 5.83. The van der Waals surface area contributed by atoms with Crippen LogP contribution in [0.25, 0.3) is 0 Å². The molecule has 1 atom stereocenters. The van der Waals surface area contributed by atoms with Crippen molar-refractivity contribution < 1.29 is 4.39 Å². The van der Waals surface area contributed by atoms with Crippen LogP contribution in [0.15, 0.2) is 34.9 Å². The maximum absolute atomic E-state index is 13.7. The number of nitrogens with zero attached hydrogens (tertiary/aromatic N) is 1. The predicted octanol–water partition coefficient (Wildman–Crippen LogP) is 4.53. The summed E-state index contributed by atoms with van der Waals surface area (Å²) in [6, 6.07) is 5.94. The van der Waals surface area contributed by atoms with E-state index in [2.05, 4.69) is 20.9 Å². The highest BCUT2D eigenvalue weighted by Crippen LogP contribution is 2.26. The molecule has 100 valence electrons. The van der Waals surface area contributed by atoms with Gasteiger partial charge < -0.3 is 5.73 Å². The number of rotatable bonds is 3. The van der Waals surface area contributed by atoms with Crippen molar-refractivity contribution in [2.75, 3.05) is 0 Å². The number of hydrogen-bond acceptors (Lipinski definition) is 2. The van der Waals surface area contributed by atoms with Gasteiger partial charge in [0.25, 0.3) is 0 Å². The Kier molecular flexibility index (Phi) is 4.79. The molecule has 6 heteroatoms. The van der Waals surface area contributed by atoms with E-state index >= 15 is 0 Å². The molecule has 0 amide bonds. The Bertz CT molecular complexity index is 607. The van der Waals surface area contributed by atoms with E-state index in [4.69, 9.17) is 28.9 Å². The molecule has 1 heterocycles. The van der Waals surface area contributed by atoms with Crippen molar-refractivity contribution in [2.45, 2.75) is 12.5 Å². The van der Waals surface area contributed by atoms with Gasteiger partial charge in [-0.15, -0.1) is 0 Å². The molecule has 0 aliphatic rings. The van der Waals surface area contributed by atoms with Gasteiger partial charge in [0.2, 0.25) is 0 Å². The molecule has 0 saturated heterocycles. The van der Waals surface area contributed by atoms with Crippen molar-refractivity contribution >= 4 is 39.1 Å². The summed E-state index contributed by atoms with van der Waals surface area (Å²) in [4.78, 5) is 4.10. The van der Waals surface area contributed by atoms with Gasteiger partial charge in [-0.05, 0) is 30.2 Å². The first-order valence-electron chi connectivity index (χ1n) is 5.48. The summed E-state index contributed by atoms with van der Waals surface area (Å²) in [7, 11) is 0. The molecule has 0 fully saturated rings. The minimum atomic E-state index is -0.486. The molecule has 0 saturated carbocycles. The Morgan fingerprint density at radius 2 is 2.05 bits per heavy atom. The van der Waals surface area contributed by atoms with Gasteiger partial charge in [-0.3, -0.25) is 4.98 Å². The SMILES string of the molecule is NC(Cc1ccc(Br)cc1F)c1ncc(Cl)cc1Cl. The summed E-state index contributed by atoms with van der Waals surface area (Å²) in [6.45, 7) is 0. The van der Waals surface area contributed by atoms with Crippen LogP contribution in [0, 0.1) is 5.82 Å². The third kappa shape index (κ3) is 3.66. The third-order valence-electron chi connectivity index (χ3n) is 2.64. The molecule has 0 radical (unpaired) electrons. The normalized spacial score (nSPS) is 12.5. The lowest BCUT2D eigenvalue weighted by Gasteiger charge is -2.13. The van der Waals surface area contributed by atoms with E-state index in [0.29, 0.717) is 32.2 Å². The van der Waals surface area contributed by atoms with Gasteiger partial charge in [0.1, 0.15) is 5.82 Å². The van der Waals surface area contributed by atoms with E-state index in [1.807, 2.05) is 0 Å². The highest BCUT2D eigenvalue weighted by atomic mass is 79.9. The zero-order valence-corrected chi connectivity index (χ0v) is 12.8. The standard InChI is InChI=1S/C13H10BrCl2FN2/c14-8-2-1-7(11(17)4-8)3-12(18)13-10(16)5-9(15)6-19-13/h1-2,4-6,12H,3,18H2. The van der Waals surface area contributed by atoms with Crippen LogP contribution in [-0.2, 0) is 6.42 Å². The van der Waals surface area contributed by atoms with Crippen molar-refractivity contribution in [3.63, 3.8) is 0 Å². The van der Waals surface area contributed by atoms with Crippen LogP contribution in [0.4, 0.5) is 4.39 Å². The van der Waals surface area contributed by atoms with Crippen molar-refractivity contribution in [3.05, 3.63) is 62.1 Å². The zero-order valence-electron chi connectivity index (χ0n) is 9.71. The molecule has 1 unspecified atom stereocenters. The third-order valence-corrected chi connectivity index (χ3v) is 3.65. The molecule has 2 nitrogen and oxygen atoms in total. The lowest BCUT2D eigenvalue weighted by atomic mass is 10.0. The Balaban J connectivity index is 2.23. The summed E-state index contributed by atoms with van der Waals surface area (Å²) >= 11 is 15.0. The molecule has 2 aromatic rings. The number of nitrogens with two attached hydrogens (primary N) is 1. The zero-order chi connectivity index (χ0) is 14.0. The van der Waals surface area contributed by atoms with Crippen LogP contribution in [0.2, 0.25) is 10.0 Å². The smallest absolute Gasteiger partial charge is 0.127 e. The molecule has 2 N–H and O–H groups in total. The number of halogens is 4. The van der Waals surface area contributed by atoms with Gasteiger partial charge >= 0.3 is 0 Å². The van der Waals surface area contributed by atoms with Crippen LogP contribution < -0.4 is 5.73 Å². The molecule has 1 aromatic heterocycles. The average Bonchev–Trinajstić information content (AvgIpc) is 2.32. The first kappa shape index (κ1) is 14.7. The van der Waals surface area contributed by atoms with Gasteiger partial charge in [-0.1, -0.05) is 45.2 Å². The largest absolute Gasteiger partial charge is 0.322 e. The number of pyridine rings is 1. The molecule has 19 heavy (non-hydrogen) atoms. The maximum Gasteiger partial charge on any atom is 0.127 e. The lowest BCUT2D eigenvalue weighted by molar-refractivity contribution is 0.589. The monoisotopic (exact) mass is 362 g/mol. The van der Waals surface area contributed by atoms with E-state index in [0.717, 1.165) is 0 Å². The van der Waals surface area contributed by atoms with Crippen molar-refractivity contribution in [1.29, 1.82) is 0 Å². The van der Waals surface area contributed by atoms with Crippen LogP contribution in [-0.4, -0.2) is 4.98 Å². The van der Waals surface area contributed by atoms with Crippen molar-refractivity contribution in [3.8, 4) is 0 Å². The highest BCUT2D eigenvalue weighted by Gasteiger charge is 2.15. The fourth-order valence-electron chi connectivity index (χ4n) is 1.72. The molecule has 0 bridgehead atoms. The first-order valence-corrected chi connectivity index (χ1v) is 7.02. The van der Waals surface area contributed by atoms with Crippen LogP contribution in [0.3, 0.4) is 0 Å². The fraction of sp³-hybridized carbons (Fsp3) is 0.154. The summed E-state index contributed by atoms with van der Waals surface area (Å²) in [5.41, 5.74) is 7.04. The van der Waals surface area contributed by atoms with Crippen LogP contribution >= 0.6 is 39.1 Å². The molecular weight excluding hydrogens is 354 g/mol. The van der Waals surface area contributed by atoms with Crippen LogP contribution in [0.1, 0.15) is 17.3 Å². The molecule has 2 rings (SSSR count). The Morgan fingerprint density at radius 1 is 1.32 bits per heavy atom. The number of hydrogen-bond donors (Lipinski definition) is 1. The molecular formula is C13H10BrCl2FN2. The summed E-state index contributed by atoms with van der Waals surface area (Å²) in [5.74, 6) is -0.310. The number of aromatic nitrogens is 1. The summed E-state index contributed by atoms with van der Waals surface area (Å²) in [5, 5.41) is 0.827. The fourth-order valence-corrected chi connectivity index (χ4v) is 2.57. The Hall–Kier alpha value is -0.680. The maximum atomic E-state index is 13.7. The van der Waals surface area contributed by atoms with Crippen molar-refractivity contribution in [2.24, 2.45) is 5.73 Å². The van der Waals surface area contributed by atoms with E-state index in [-0.39, 0.29) is 5.82 Å². The molecule has 0 spiro atoms. The van der Waals surface area contributed by atoms with E-state index in [1.54, 1.807) is 18.2 Å². The van der Waals surface area contributed by atoms with Gasteiger partial charge in [-0.25, -0.2) is 4.39 Å². The summed E-state index contributed by atoms with van der Waals surface area (Å²) < 4.78 is 14.4. The highest BCUT2D eigenvalue weighted by molar-refractivity contribution is 9.10. The summed E-state index contributed by atoms with van der Waals surface area (Å²) in [6.07, 6.45) is 1.79. The van der Waals surface area contributed by atoms with E-state index in [1.165, 1.54) is 12.3 Å². The Morgan fingerprint density at radius 3 is 2.68 bits per heavy atom. The predicted molar refractivity (Wildman–Crippen MR) is 79.0 cm³/mol. The molecule has 1 aromatic carbocycles. The molecule has 0 aliphatic carbocycles. The minimum absolute atomic E-state index is 0.310. The van der Waals surface area contributed by atoms with Gasteiger partial charge in [0.05, 0.1) is 21.8 Å². The minimum Gasteiger partial charge on any atom is -0.322 e. The topological polar surface area (TPSA) is 38.9 Å².